The summed E-state index contributed by atoms with van der Waals surface area (Å²) in [4.78, 5) is 16.8. The Labute approximate surface area is 110 Å². The predicted octanol–water partition coefficient (Wildman–Crippen LogP) is 2.19. The van der Waals surface area contributed by atoms with E-state index in [2.05, 4.69) is 9.80 Å². The van der Waals surface area contributed by atoms with Crippen LogP contribution in [0.1, 0.15) is 51.4 Å². The molecule has 2 amide bonds. The van der Waals surface area contributed by atoms with Crippen molar-refractivity contribution in [3.8, 4) is 0 Å². The fraction of sp³-hybridized carbons (Fsp3) is 0.929. The minimum absolute atomic E-state index is 0.273. The first kappa shape index (κ1) is 13.7. The van der Waals surface area contributed by atoms with Gasteiger partial charge in [0.1, 0.15) is 0 Å². The first-order valence-electron chi connectivity index (χ1n) is 7.58. The van der Waals surface area contributed by atoms with Gasteiger partial charge < -0.3 is 15.5 Å². The molecule has 0 spiro atoms. The van der Waals surface area contributed by atoms with E-state index >= 15 is 0 Å². The molecule has 104 valence electrons. The van der Waals surface area contributed by atoms with Crippen molar-refractivity contribution in [3.63, 3.8) is 0 Å². The third kappa shape index (κ3) is 3.37. The summed E-state index contributed by atoms with van der Waals surface area (Å²) in [6.07, 6.45) is 9.45. The lowest BCUT2D eigenvalue weighted by atomic mass is 9.91. The molecule has 0 atom stereocenters. The third-order valence-electron chi connectivity index (χ3n) is 4.24. The molecule has 0 aromatic rings. The monoisotopic (exact) mass is 253 g/mol. The van der Waals surface area contributed by atoms with Crippen LogP contribution in [-0.2, 0) is 0 Å². The maximum atomic E-state index is 12.6. The van der Waals surface area contributed by atoms with Crippen LogP contribution in [0.3, 0.4) is 0 Å². The second-order valence-corrected chi connectivity index (χ2v) is 5.60. The molecule has 0 aromatic heterocycles. The van der Waals surface area contributed by atoms with Crippen LogP contribution in [0.25, 0.3) is 0 Å². The lowest BCUT2D eigenvalue weighted by molar-refractivity contribution is 0.106. The van der Waals surface area contributed by atoms with Gasteiger partial charge in [-0.05, 0) is 45.1 Å². The summed E-state index contributed by atoms with van der Waals surface area (Å²) in [7, 11) is 0. The Morgan fingerprint density at radius 2 is 1.78 bits per heavy atom. The number of rotatable bonds is 4. The second kappa shape index (κ2) is 6.98. The Balaban J connectivity index is 1.92. The molecule has 0 radical (unpaired) electrons. The SMILES string of the molecule is NCCCN(C(=O)N1CCCCCC1)C1CCC1. The van der Waals surface area contributed by atoms with Crippen molar-refractivity contribution in [2.45, 2.75) is 57.4 Å². The van der Waals surface area contributed by atoms with E-state index in [9.17, 15) is 4.79 Å². The first-order chi connectivity index (χ1) is 8.83. The van der Waals surface area contributed by atoms with Gasteiger partial charge in [-0.3, -0.25) is 0 Å². The molecule has 2 fully saturated rings. The largest absolute Gasteiger partial charge is 0.330 e. The molecule has 2 aliphatic rings. The number of amides is 2. The summed E-state index contributed by atoms with van der Waals surface area (Å²) in [6, 6.07) is 0.766. The van der Waals surface area contributed by atoms with Gasteiger partial charge in [-0.2, -0.15) is 0 Å². The Morgan fingerprint density at radius 1 is 1.11 bits per heavy atom. The average molecular weight is 253 g/mol. The minimum Gasteiger partial charge on any atom is -0.330 e. The van der Waals surface area contributed by atoms with Crippen LogP contribution in [0.15, 0.2) is 0 Å². The Kier molecular flexibility index (Phi) is 5.29. The topological polar surface area (TPSA) is 49.6 Å². The number of nitrogens with zero attached hydrogens (tertiary/aromatic N) is 2. The highest BCUT2D eigenvalue weighted by Crippen LogP contribution is 2.26. The maximum absolute atomic E-state index is 12.6. The zero-order valence-corrected chi connectivity index (χ0v) is 11.4. The van der Waals surface area contributed by atoms with E-state index in [1.807, 2.05) is 0 Å². The quantitative estimate of drug-likeness (QED) is 0.835. The molecule has 1 saturated heterocycles. The molecule has 18 heavy (non-hydrogen) atoms. The van der Waals surface area contributed by atoms with Crippen LogP contribution in [0.4, 0.5) is 4.79 Å². The molecule has 1 aliphatic heterocycles. The fourth-order valence-electron chi connectivity index (χ4n) is 2.84. The van der Waals surface area contributed by atoms with Crippen molar-refractivity contribution < 1.29 is 4.79 Å². The van der Waals surface area contributed by atoms with E-state index < -0.39 is 0 Å². The van der Waals surface area contributed by atoms with Crippen molar-refractivity contribution in [1.29, 1.82) is 0 Å². The highest BCUT2D eigenvalue weighted by atomic mass is 16.2. The fourth-order valence-corrected chi connectivity index (χ4v) is 2.84. The summed E-state index contributed by atoms with van der Waals surface area (Å²) in [6.45, 7) is 3.42. The minimum atomic E-state index is 0.273. The highest BCUT2D eigenvalue weighted by molar-refractivity contribution is 5.75. The number of urea groups is 1. The molecule has 1 heterocycles. The van der Waals surface area contributed by atoms with Gasteiger partial charge in [0.2, 0.25) is 0 Å². The van der Waals surface area contributed by atoms with Crippen molar-refractivity contribution >= 4 is 6.03 Å². The van der Waals surface area contributed by atoms with Gasteiger partial charge in [0, 0.05) is 25.7 Å². The van der Waals surface area contributed by atoms with Gasteiger partial charge in [-0.15, -0.1) is 0 Å². The molecular weight excluding hydrogens is 226 g/mol. The molecule has 0 unspecified atom stereocenters. The molecule has 4 nitrogen and oxygen atoms in total. The molecule has 4 heteroatoms. The first-order valence-corrected chi connectivity index (χ1v) is 7.58. The van der Waals surface area contributed by atoms with Crippen LogP contribution in [0, 0.1) is 0 Å². The molecule has 0 bridgehead atoms. The Hall–Kier alpha value is -0.770. The number of nitrogens with two attached hydrogens (primary N) is 1. The zero-order valence-electron chi connectivity index (χ0n) is 11.4. The molecular formula is C14H27N3O. The van der Waals surface area contributed by atoms with E-state index in [4.69, 9.17) is 5.73 Å². The van der Waals surface area contributed by atoms with E-state index in [0.717, 1.165) is 26.1 Å². The maximum Gasteiger partial charge on any atom is 0.320 e. The number of carbonyl (C=O) groups is 1. The van der Waals surface area contributed by atoms with Gasteiger partial charge in [0.25, 0.3) is 0 Å². The Bertz CT molecular complexity index is 258. The molecule has 2 rings (SSSR count). The normalized spacial score (nSPS) is 21.3. The summed E-state index contributed by atoms with van der Waals surface area (Å²) >= 11 is 0. The van der Waals surface area contributed by atoms with Crippen molar-refractivity contribution in [2.75, 3.05) is 26.2 Å². The standard InChI is InChI=1S/C14H27N3O/c15-9-6-12-17(13-7-5-8-13)14(18)16-10-3-1-2-4-11-16/h13H,1-12,15H2. The van der Waals surface area contributed by atoms with Crippen LogP contribution in [-0.4, -0.2) is 48.1 Å². The molecule has 1 saturated carbocycles. The van der Waals surface area contributed by atoms with E-state index in [1.165, 1.54) is 44.9 Å². The number of likely N-dealkylation sites (tertiary alicyclic amines) is 1. The average Bonchev–Trinajstić information content (AvgIpc) is 2.59. The van der Waals surface area contributed by atoms with Gasteiger partial charge in [0.15, 0.2) is 0 Å². The number of carbonyl (C=O) groups excluding carboxylic acids is 1. The molecule has 0 aromatic carbocycles. The molecule has 2 N–H and O–H groups in total. The smallest absolute Gasteiger partial charge is 0.320 e. The predicted molar refractivity (Wildman–Crippen MR) is 73.5 cm³/mol. The molecule has 1 aliphatic carbocycles. The van der Waals surface area contributed by atoms with Crippen LogP contribution < -0.4 is 5.73 Å². The van der Waals surface area contributed by atoms with Crippen molar-refractivity contribution in [1.82, 2.24) is 9.80 Å². The van der Waals surface area contributed by atoms with Crippen LogP contribution in [0.2, 0.25) is 0 Å². The van der Waals surface area contributed by atoms with Crippen LogP contribution >= 0.6 is 0 Å². The summed E-state index contributed by atoms with van der Waals surface area (Å²) in [5.41, 5.74) is 5.59. The van der Waals surface area contributed by atoms with Gasteiger partial charge in [-0.1, -0.05) is 12.8 Å². The highest BCUT2D eigenvalue weighted by Gasteiger charge is 2.31. The van der Waals surface area contributed by atoms with Gasteiger partial charge >= 0.3 is 6.03 Å². The third-order valence-corrected chi connectivity index (χ3v) is 4.24. The van der Waals surface area contributed by atoms with E-state index in [-0.39, 0.29) is 6.03 Å². The lowest BCUT2D eigenvalue weighted by Crippen LogP contribution is -2.51. The number of hydrogen-bond donors (Lipinski definition) is 1. The summed E-state index contributed by atoms with van der Waals surface area (Å²) < 4.78 is 0. The second-order valence-electron chi connectivity index (χ2n) is 5.60. The summed E-state index contributed by atoms with van der Waals surface area (Å²) in [5.74, 6) is 0. The lowest BCUT2D eigenvalue weighted by Gasteiger charge is -2.40. The Morgan fingerprint density at radius 3 is 2.28 bits per heavy atom. The number of hydrogen-bond acceptors (Lipinski definition) is 2. The van der Waals surface area contributed by atoms with Crippen LogP contribution in [0.5, 0.6) is 0 Å². The van der Waals surface area contributed by atoms with Crippen molar-refractivity contribution in [3.05, 3.63) is 0 Å². The zero-order chi connectivity index (χ0) is 12.8. The summed E-state index contributed by atoms with van der Waals surface area (Å²) in [5, 5.41) is 0. The van der Waals surface area contributed by atoms with E-state index in [1.54, 1.807) is 0 Å². The van der Waals surface area contributed by atoms with Gasteiger partial charge in [-0.25, -0.2) is 4.79 Å². The van der Waals surface area contributed by atoms with E-state index in [0.29, 0.717) is 12.6 Å². The van der Waals surface area contributed by atoms with Crippen molar-refractivity contribution in [2.24, 2.45) is 5.73 Å². The van der Waals surface area contributed by atoms with Gasteiger partial charge in [0.05, 0.1) is 0 Å².